The Morgan fingerprint density at radius 1 is 0.707 bits per heavy atom. The van der Waals surface area contributed by atoms with Gasteiger partial charge < -0.3 is 15.2 Å². The Morgan fingerprint density at radius 2 is 1.29 bits per heavy atom. The molecule has 0 heterocycles. The minimum absolute atomic E-state index is 0. The molecule has 41 heavy (non-hydrogen) atoms. The minimum atomic E-state index is 0. The summed E-state index contributed by atoms with van der Waals surface area (Å²) in [6.07, 6.45) is 7.17. The normalized spacial score (nSPS) is 13.5. The van der Waals surface area contributed by atoms with Crippen molar-refractivity contribution >= 4 is 19.6 Å². The average Bonchev–Trinajstić information content (AvgIpc) is 2.95. The molecule has 1 atom stereocenters. The number of ether oxygens (including phenoxy) is 2. The van der Waals surface area contributed by atoms with Gasteiger partial charge in [0.2, 0.25) is 0 Å². The van der Waals surface area contributed by atoms with Gasteiger partial charge in [-0.2, -0.15) is 0 Å². The zero-order chi connectivity index (χ0) is 28.3. The van der Waals surface area contributed by atoms with Gasteiger partial charge in [-0.1, -0.05) is 81.9 Å². The van der Waals surface area contributed by atoms with E-state index in [9.17, 15) is 0 Å². The fraction of sp³-hybridized carbons (Fsp3) is 0.333. The Labute approximate surface area is 262 Å². The first-order valence-electron chi connectivity index (χ1n) is 14.6. The molecule has 4 aromatic rings. The first-order valence-corrected chi connectivity index (χ1v) is 15.6. The first-order chi connectivity index (χ1) is 19.4. The zero-order valence-electron chi connectivity index (χ0n) is 24.6. The summed E-state index contributed by atoms with van der Waals surface area (Å²) in [5.74, 6) is 1.84. The van der Waals surface area contributed by atoms with Crippen LogP contribution in [0.3, 0.4) is 0 Å². The predicted molar refractivity (Wildman–Crippen MR) is 173 cm³/mol. The molecule has 0 radical (unpaired) electrons. The number of hydrogen-bond donors (Lipinski definition) is 1. The standard InChI is InChI=1S/C24H33O2P.C12H10N.Pd/c1-17(2)25-21-14-10-15-22(26-18(3)4)24(21)20-13-8-9-16-23(20)27-19-11-6-5-7-12-19;13-12-9-5-4-8-11(12)10-6-2-1-3-7-10;/h8-10,13-19,27H,5-7,11-12H2,1-4H3;1-6,8-9H,13H2;/q;-1;. The molecule has 1 saturated carbocycles. The van der Waals surface area contributed by atoms with E-state index in [2.05, 4.69) is 70.2 Å². The summed E-state index contributed by atoms with van der Waals surface area (Å²) in [6, 6.07) is 33.8. The third-order valence-electron chi connectivity index (χ3n) is 6.83. The van der Waals surface area contributed by atoms with Crippen LogP contribution in [0.1, 0.15) is 59.8 Å². The smallest absolute Gasteiger partial charge is 0.131 e. The van der Waals surface area contributed by atoms with E-state index < -0.39 is 0 Å². The van der Waals surface area contributed by atoms with Crippen molar-refractivity contribution in [2.24, 2.45) is 0 Å². The summed E-state index contributed by atoms with van der Waals surface area (Å²) < 4.78 is 12.4. The van der Waals surface area contributed by atoms with Crippen molar-refractivity contribution in [2.75, 3.05) is 5.73 Å². The maximum Gasteiger partial charge on any atom is 0.131 e. The topological polar surface area (TPSA) is 44.5 Å². The van der Waals surface area contributed by atoms with Crippen LogP contribution in [0.25, 0.3) is 22.3 Å². The van der Waals surface area contributed by atoms with E-state index in [4.69, 9.17) is 15.2 Å². The van der Waals surface area contributed by atoms with Crippen LogP contribution in [-0.4, -0.2) is 17.9 Å². The van der Waals surface area contributed by atoms with Gasteiger partial charge in [0.1, 0.15) is 11.5 Å². The fourth-order valence-electron chi connectivity index (χ4n) is 5.08. The number of anilines is 1. The van der Waals surface area contributed by atoms with Gasteiger partial charge in [-0.3, -0.25) is 0 Å². The number of para-hydroxylation sites is 1. The predicted octanol–water partition coefficient (Wildman–Crippen LogP) is 9.30. The molecule has 0 aromatic heterocycles. The summed E-state index contributed by atoms with van der Waals surface area (Å²) in [5.41, 5.74) is 11.9. The van der Waals surface area contributed by atoms with Crippen molar-refractivity contribution in [3.63, 3.8) is 0 Å². The van der Waals surface area contributed by atoms with E-state index >= 15 is 0 Å². The van der Waals surface area contributed by atoms with Crippen LogP contribution in [0, 0.1) is 6.07 Å². The van der Waals surface area contributed by atoms with E-state index in [1.165, 1.54) is 43.0 Å². The van der Waals surface area contributed by atoms with Gasteiger partial charge >= 0.3 is 0 Å². The molecule has 0 bridgehead atoms. The van der Waals surface area contributed by atoms with Gasteiger partial charge in [0, 0.05) is 20.4 Å². The molecule has 4 aromatic carbocycles. The average molecular weight is 659 g/mol. The molecule has 0 amide bonds. The maximum absolute atomic E-state index is 6.19. The summed E-state index contributed by atoms with van der Waals surface area (Å²) >= 11 is 0. The van der Waals surface area contributed by atoms with Crippen LogP contribution in [0.5, 0.6) is 11.5 Å². The molecule has 0 aliphatic heterocycles. The molecule has 5 heteroatoms. The monoisotopic (exact) mass is 658 g/mol. The van der Waals surface area contributed by atoms with Crippen LogP contribution >= 0.6 is 8.58 Å². The Morgan fingerprint density at radius 3 is 1.88 bits per heavy atom. The third-order valence-corrected chi connectivity index (χ3v) is 8.57. The van der Waals surface area contributed by atoms with Crippen LogP contribution in [0.2, 0.25) is 0 Å². The molecule has 5 rings (SSSR count). The van der Waals surface area contributed by atoms with Gasteiger partial charge in [-0.05, 0) is 81.0 Å². The van der Waals surface area contributed by atoms with Crippen LogP contribution < -0.4 is 20.5 Å². The summed E-state index contributed by atoms with van der Waals surface area (Å²) in [7, 11) is 0.851. The van der Waals surface area contributed by atoms with Crippen molar-refractivity contribution in [1.82, 2.24) is 0 Å². The second kappa shape index (κ2) is 16.7. The molecule has 1 aliphatic carbocycles. The number of rotatable bonds is 8. The van der Waals surface area contributed by atoms with E-state index in [1.54, 1.807) is 0 Å². The quantitative estimate of drug-likeness (QED) is 0.0888. The Bertz CT molecular complexity index is 1310. The Balaban J connectivity index is 0.000000276. The number of hydrogen-bond acceptors (Lipinski definition) is 3. The van der Waals surface area contributed by atoms with E-state index in [0.29, 0.717) is 0 Å². The Kier molecular flexibility index (Phi) is 13.4. The van der Waals surface area contributed by atoms with Gasteiger partial charge in [0.25, 0.3) is 0 Å². The van der Waals surface area contributed by atoms with Crippen molar-refractivity contribution in [3.8, 4) is 33.8 Å². The number of nitrogens with two attached hydrogens (primary N) is 1. The van der Waals surface area contributed by atoms with Crippen LogP contribution in [0.15, 0.2) is 91.0 Å². The van der Waals surface area contributed by atoms with Gasteiger partial charge in [0.15, 0.2) is 0 Å². The molecule has 1 unspecified atom stereocenters. The van der Waals surface area contributed by atoms with Gasteiger partial charge in [-0.25, -0.2) is 0 Å². The van der Waals surface area contributed by atoms with E-state index in [0.717, 1.165) is 48.1 Å². The van der Waals surface area contributed by atoms with Crippen LogP contribution in [0.4, 0.5) is 5.69 Å². The number of benzene rings is 4. The van der Waals surface area contributed by atoms with Crippen molar-refractivity contribution in [1.29, 1.82) is 0 Å². The molecule has 2 N–H and O–H groups in total. The second-order valence-corrected chi connectivity index (χ2v) is 12.5. The zero-order valence-corrected chi connectivity index (χ0v) is 27.2. The molecule has 0 saturated heterocycles. The SMILES string of the molecule is CC(C)Oc1cccc(OC(C)C)c1-c1ccccc1PC1CCCCC1.Nc1ccccc1-c1[c-]cccc1.[Pd]. The Hall–Kier alpha value is -2.63. The first kappa shape index (κ1) is 32.9. The second-order valence-electron chi connectivity index (χ2n) is 10.9. The summed E-state index contributed by atoms with van der Waals surface area (Å²) in [5, 5.41) is 1.44. The molecule has 1 fully saturated rings. The third kappa shape index (κ3) is 9.72. The van der Waals surface area contributed by atoms with Gasteiger partial charge in [-0.15, -0.1) is 35.9 Å². The number of nitrogen functional groups attached to an aromatic ring is 1. The molecule has 0 spiro atoms. The summed E-state index contributed by atoms with van der Waals surface area (Å²) in [4.78, 5) is 0. The van der Waals surface area contributed by atoms with E-state index in [1.807, 2.05) is 54.6 Å². The molecule has 220 valence electrons. The minimum Gasteiger partial charge on any atom is -0.490 e. The molecular weight excluding hydrogens is 616 g/mol. The van der Waals surface area contributed by atoms with Gasteiger partial charge in [0.05, 0.1) is 17.8 Å². The van der Waals surface area contributed by atoms with Crippen LogP contribution in [-0.2, 0) is 20.4 Å². The molecular formula is C36H43NO2PPd-. The fourth-order valence-corrected chi connectivity index (χ4v) is 6.77. The van der Waals surface area contributed by atoms with E-state index in [-0.39, 0.29) is 32.6 Å². The van der Waals surface area contributed by atoms with Crippen molar-refractivity contribution < 1.29 is 29.9 Å². The van der Waals surface area contributed by atoms with Crippen molar-refractivity contribution in [2.45, 2.75) is 77.7 Å². The van der Waals surface area contributed by atoms with Crippen molar-refractivity contribution in [3.05, 3.63) is 97.1 Å². The maximum atomic E-state index is 6.19. The molecule has 1 aliphatic rings. The largest absolute Gasteiger partial charge is 0.490 e. The summed E-state index contributed by atoms with van der Waals surface area (Å²) in [6.45, 7) is 8.32. The molecule has 3 nitrogen and oxygen atoms in total.